The molecule has 3 fully saturated rings. The fourth-order valence-electron chi connectivity index (χ4n) is 5.38. The van der Waals surface area contributed by atoms with Crippen LogP contribution in [0.15, 0.2) is 43.1 Å². The monoisotopic (exact) mass is 480 g/mol. The third-order valence-corrected chi connectivity index (χ3v) is 6.97. The van der Waals surface area contributed by atoms with Gasteiger partial charge < -0.3 is 38.3 Å². The maximum Gasteiger partial charge on any atom is 0.131 e. The molecule has 27 heavy (non-hydrogen) atoms. The lowest BCUT2D eigenvalue weighted by Gasteiger charge is -2.57. The van der Waals surface area contributed by atoms with E-state index in [1.54, 1.807) is 7.11 Å². The zero-order valence-electron chi connectivity index (χ0n) is 16.1. The molecule has 5 rings (SSSR count). The summed E-state index contributed by atoms with van der Waals surface area (Å²) in [6.07, 6.45) is 5.79. The SMILES string of the molecule is C=CC1C[N+]2(CC)CCC1C[C@@H]2[C@@H](O)c1ccnc2ccc(OC)cc12.[I-]. The first kappa shape index (κ1) is 20.6. The summed E-state index contributed by atoms with van der Waals surface area (Å²) in [5.74, 6) is 2.04. The molecule has 5 atom stereocenters. The van der Waals surface area contributed by atoms with Gasteiger partial charge in [0.25, 0.3) is 0 Å². The summed E-state index contributed by atoms with van der Waals surface area (Å²) in [6, 6.07) is 8.11. The molecule has 1 N–H and O–H groups in total. The highest BCUT2D eigenvalue weighted by atomic mass is 127. The largest absolute Gasteiger partial charge is 1.00 e. The molecule has 1 aromatic carbocycles. The van der Waals surface area contributed by atoms with Crippen molar-refractivity contribution < 1.29 is 38.3 Å². The Morgan fingerprint density at radius 3 is 2.93 bits per heavy atom. The number of fused-ring (bicyclic) bond motifs is 4. The Morgan fingerprint density at radius 1 is 1.41 bits per heavy atom. The van der Waals surface area contributed by atoms with Crippen molar-refractivity contribution in [2.45, 2.75) is 31.9 Å². The van der Waals surface area contributed by atoms with Crippen LogP contribution in [-0.4, -0.2) is 47.4 Å². The van der Waals surface area contributed by atoms with Crippen LogP contribution in [0.3, 0.4) is 0 Å². The number of pyridine rings is 1. The number of likely N-dealkylation sites (N-methyl/N-ethyl adjacent to an activating group) is 1. The lowest BCUT2D eigenvalue weighted by atomic mass is 9.71. The molecule has 0 amide bonds. The van der Waals surface area contributed by atoms with E-state index < -0.39 is 6.10 Å². The Kier molecular flexibility index (Phi) is 6.13. The second-order valence-corrected chi connectivity index (χ2v) is 7.92. The minimum Gasteiger partial charge on any atom is -1.00 e. The van der Waals surface area contributed by atoms with E-state index in [-0.39, 0.29) is 30.0 Å². The van der Waals surface area contributed by atoms with Gasteiger partial charge in [0, 0.05) is 30.3 Å². The van der Waals surface area contributed by atoms with Crippen molar-refractivity contribution in [1.82, 2.24) is 4.98 Å². The number of aliphatic hydroxyl groups excluding tert-OH is 1. The number of ether oxygens (including phenoxy) is 1. The smallest absolute Gasteiger partial charge is 0.131 e. The van der Waals surface area contributed by atoms with Crippen molar-refractivity contribution in [1.29, 1.82) is 0 Å². The zero-order chi connectivity index (χ0) is 18.3. The summed E-state index contributed by atoms with van der Waals surface area (Å²) in [5, 5.41) is 12.5. The molecule has 2 bridgehead atoms. The van der Waals surface area contributed by atoms with E-state index in [2.05, 4.69) is 24.6 Å². The molecule has 0 saturated carbocycles. The molecule has 3 unspecified atom stereocenters. The minimum atomic E-state index is -0.485. The van der Waals surface area contributed by atoms with Crippen LogP contribution < -0.4 is 28.7 Å². The van der Waals surface area contributed by atoms with Crippen molar-refractivity contribution >= 4 is 10.9 Å². The average Bonchev–Trinajstić information content (AvgIpc) is 2.72. The van der Waals surface area contributed by atoms with Crippen molar-refractivity contribution in [2.75, 3.05) is 26.7 Å². The minimum absolute atomic E-state index is 0. The Morgan fingerprint density at radius 2 is 2.22 bits per heavy atom. The van der Waals surface area contributed by atoms with Crippen molar-refractivity contribution in [3.05, 3.63) is 48.7 Å². The number of hydrogen-bond acceptors (Lipinski definition) is 3. The number of piperidine rings is 3. The Balaban J connectivity index is 0.00000210. The highest BCUT2D eigenvalue weighted by Gasteiger charge is 2.53. The van der Waals surface area contributed by atoms with Gasteiger partial charge in [-0.25, -0.2) is 0 Å². The van der Waals surface area contributed by atoms with Crippen LogP contribution in [0.2, 0.25) is 0 Å². The van der Waals surface area contributed by atoms with E-state index in [0.29, 0.717) is 11.8 Å². The van der Waals surface area contributed by atoms with Crippen LogP contribution in [0.1, 0.15) is 31.4 Å². The molecule has 0 aliphatic carbocycles. The first-order chi connectivity index (χ1) is 12.6. The molecule has 0 spiro atoms. The second-order valence-electron chi connectivity index (χ2n) is 7.92. The summed E-state index contributed by atoms with van der Waals surface area (Å²) in [6.45, 7) is 9.66. The predicted octanol–water partition coefficient (Wildman–Crippen LogP) is 0.712. The van der Waals surface area contributed by atoms with Gasteiger partial charge in [0.2, 0.25) is 0 Å². The summed E-state index contributed by atoms with van der Waals surface area (Å²) in [7, 11) is 1.67. The summed E-state index contributed by atoms with van der Waals surface area (Å²) < 4.78 is 6.40. The highest BCUT2D eigenvalue weighted by molar-refractivity contribution is 5.83. The summed E-state index contributed by atoms with van der Waals surface area (Å²) in [5.41, 5.74) is 1.89. The third-order valence-electron chi connectivity index (χ3n) is 6.97. The Labute approximate surface area is 178 Å². The van der Waals surface area contributed by atoms with Crippen LogP contribution in [0.4, 0.5) is 0 Å². The standard InChI is InChI=1S/C22H29N2O2.HI/c1-4-15-14-24(5-2)11-9-16(15)12-21(24)22(25)18-8-10-23-20-7-6-17(26-3)13-19(18)20;/h4,6-8,10,13,15-16,21-22,25H,1,5,9,11-12,14H2,2-3H3;1H/q+1;/p-1/t15?,16?,21-,22+,24?;/m1./s1. The number of halogens is 1. The van der Waals surface area contributed by atoms with Crippen molar-refractivity contribution in [2.24, 2.45) is 11.8 Å². The molecule has 2 aromatic rings. The summed E-state index contributed by atoms with van der Waals surface area (Å²) >= 11 is 0. The number of aromatic nitrogens is 1. The quantitative estimate of drug-likeness (QED) is 0.390. The van der Waals surface area contributed by atoms with Crippen LogP contribution in [-0.2, 0) is 0 Å². The zero-order valence-corrected chi connectivity index (χ0v) is 18.3. The lowest BCUT2D eigenvalue weighted by molar-refractivity contribution is -0.971. The van der Waals surface area contributed by atoms with Crippen molar-refractivity contribution in [3.8, 4) is 5.75 Å². The number of benzene rings is 1. The molecule has 1 aromatic heterocycles. The lowest BCUT2D eigenvalue weighted by Crippen LogP contribution is -3.00. The normalized spacial score (nSPS) is 30.6. The molecule has 5 heteroatoms. The third kappa shape index (κ3) is 3.38. The highest BCUT2D eigenvalue weighted by Crippen LogP contribution is 2.46. The van der Waals surface area contributed by atoms with E-state index in [4.69, 9.17) is 4.74 Å². The number of methoxy groups -OCH3 is 1. The molecular formula is C22H29IN2O2. The van der Waals surface area contributed by atoms with Gasteiger partial charge in [-0.2, -0.15) is 0 Å². The molecule has 4 nitrogen and oxygen atoms in total. The fourth-order valence-corrected chi connectivity index (χ4v) is 5.38. The van der Waals surface area contributed by atoms with Crippen LogP contribution >= 0.6 is 0 Å². The molecule has 4 heterocycles. The molecule has 146 valence electrons. The Bertz CT molecular complexity index is 827. The molecule has 0 radical (unpaired) electrons. The number of rotatable bonds is 5. The van der Waals surface area contributed by atoms with Crippen LogP contribution in [0, 0.1) is 11.8 Å². The molecule has 3 saturated heterocycles. The van der Waals surface area contributed by atoms with E-state index >= 15 is 0 Å². The molecule has 3 aliphatic rings. The van der Waals surface area contributed by atoms with Gasteiger partial charge in [-0.3, -0.25) is 4.98 Å². The maximum atomic E-state index is 11.5. The van der Waals surface area contributed by atoms with Gasteiger partial charge in [-0.15, -0.1) is 6.58 Å². The average molecular weight is 480 g/mol. The van der Waals surface area contributed by atoms with E-state index in [1.165, 1.54) is 13.0 Å². The van der Waals surface area contributed by atoms with Crippen molar-refractivity contribution in [3.63, 3.8) is 0 Å². The van der Waals surface area contributed by atoms with Crippen LogP contribution in [0.25, 0.3) is 10.9 Å². The molecular weight excluding hydrogens is 451 g/mol. The topological polar surface area (TPSA) is 42.4 Å². The fraction of sp³-hybridized carbons (Fsp3) is 0.500. The molecule has 3 aliphatic heterocycles. The number of quaternary nitrogens is 1. The van der Waals surface area contributed by atoms with Gasteiger partial charge in [0.1, 0.15) is 17.9 Å². The van der Waals surface area contributed by atoms with Gasteiger partial charge in [-0.05, 0) is 42.7 Å². The second kappa shape index (κ2) is 8.05. The van der Waals surface area contributed by atoms with Gasteiger partial charge in [0.05, 0.1) is 32.3 Å². The predicted molar refractivity (Wildman–Crippen MR) is 104 cm³/mol. The number of nitrogens with zero attached hydrogens (tertiary/aromatic N) is 2. The number of hydrogen-bond donors (Lipinski definition) is 1. The van der Waals surface area contributed by atoms with Gasteiger partial charge >= 0.3 is 0 Å². The Hall–Kier alpha value is -1.18. The maximum absolute atomic E-state index is 11.5. The van der Waals surface area contributed by atoms with Gasteiger partial charge in [0.15, 0.2) is 0 Å². The van der Waals surface area contributed by atoms with E-state index in [9.17, 15) is 5.11 Å². The first-order valence-electron chi connectivity index (χ1n) is 9.71. The first-order valence-corrected chi connectivity index (χ1v) is 9.71. The number of aliphatic hydroxyl groups is 1. The summed E-state index contributed by atoms with van der Waals surface area (Å²) in [4.78, 5) is 4.47. The van der Waals surface area contributed by atoms with E-state index in [0.717, 1.165) is 46.2 Å². The van der Waals surface area contributed by atoms with E-state index in [1.807, 2.05) is 30.5 Å². The van der Waals surface area contributed by atoms with Gasteiger partial charge in [-0.1, -0.05) is 6.08 Å². The van der Waals surface area contributed by atoms with Crippen LogP contribution in [0.5, 0.6) is 5.75 Å².